The minimum Gasteiger partial charge on any atom is -2.00 e. The molecule has 0 rings (SSSR count). The molecule has 2 nitrogen and oxygen atoms in total. The molecule has 0 atom stereocenters. The van der Waals surface area contributed by atoms with Gasteiger partial charge in [0, 0.05) is 0 Å². The fourth-order valence-corrected chi connectivity index (χ4v) is 0. The van der Waals surface area contributed by atoms with Crippen LogP contribution in [0.2, 0.25) is 0 Å². The van der Waals surface area contributed by atoms with Crippen LogP contribution >= 0.6 is 0 Å². The average molecular weight is 146 g/mol. The van der Waals surface area contributed by atoms with Gasteiger partial charge in [-0.25, -0.2) is 0 Å². The molecule has 4 heteroatoms. The fraction of sp³-hybridized carbons (Fsp3) is 0. The van der Waals surface area contributed by atoms with Crippen molar-refractivity contribution in [2.45, 2.75) is 0 Å². The van der Waals surface area contributed by atoms with Crippen molar-refractivity contribution in [2.75, 3.05) is 0 Å². The van der Waals surface area contributed by atoms with Crippen LogP contribution in [-0.2, 0) is 44.8 Å². The van der Waals surface area contributed by atoms with Gasteiger partial charge < -0.3 is 11.0 Å². The Bertz CT molecular complexity index is 6.00. The van der Waals surface area contributed by atoms with Gasteiger partial charge in [0.1, 0.15) is 0 Å². The summed E-state index contributed by atoms with van der Waals surface area (Å²) < 4.78 is 0. The minimum absolute atomic E-state index is 0. The largest absolute Gasteiger partial charge is 2.00 e. The number of hydrogen-bond donors (Lipinski definition) is 0. The Balaban J connectivity index is 0. The van der Waals surface area contributed by atoms with Crippen LogP contribution in [-0.4, -0.2) is 0 Å². The first kappa shape index (κ1) is 86.1. The predicted molar refractivity (Wildman–Crippen MR) is 1.37 cm³/mol. The van der Waals surface area contributed by atoms with E-state index in [1.165, 1.54) is 0 Å². The van der Waals surface area contributed by atoms with E-state index < -0.39 is 0 Å². The molecule has 0 amide bonds. The van der Waals surface area contributed by atoms with Crippen molar-refractivity contribution in [2.24, 2.45) is 0 Å². The Morgan fingerprint density at radius 2 is 0.750 bits per heavy atom. The van der Waals surface area contributed by atoms with Gasteiger partial charge >= 0.3 is 33.8 Å². The molecule has 0 aliphatic heterocycles. The molecule has 2 radical (unpaired) electrons. The summed E-state index contributed by atoms with van der Waals surface area (Å²) in [5.41, 5.74) is 0. The van der Waals surface area contributed by atoms with Gasteiger partial charge in [-0.2, -0.15) is 0 Å². The molecular formula is CoMnO2. The minimum atomic E-state index is 0. The van der Waals surface area contributed by atoms with Crippen molar-refractivity contribution in [1.82, 2.24) is 0 Å². The summed E-state index contributed by atoms with van der Waals surface area (Å²) >= 11 is 0. The van der Waals surface area contributed by atoms with Crippen LogP contribution in [0.25, 0.3) is 0 Å². The zero-order valence-electron chi connectivity index (χ0n) is 1.53. The van der Waals surface area contributed by atoms with Gasteiger partial charge in [0.15, 0.2) is 0 Å². The summed E-state index contributed by atoms with van der Waals surface area (Å²) in [5.74, 6) is 0. The molecule has 0 bridgehead atoms. The number of rotatable bonds is 0. The topological polar surface area (TPSA) is 57.0 Å². The van der Waals surface area contributed by atoms with Crippen LogP contribution in [0.5, 0.6) is 0 Å². The molecule has 0 spiro atoms. The number of hydrogen-bond acceptors (Lipinski definition) is 0. The van der Waals surface area contributed by atoms with Gasteiger partial charge in [0.05, 0.1) is 0 Å². The fourth-order valence-electron chi connectivity index (χ4n) is 0. The Kier molecular flexibility index (Phi) is 823. The second kappa shape index (κ2) is 38.3. The van der Waals surface area contributed by atoms with E-state index in [0.29, 0.717) is 0 Å². The summed E-state index contributed by atoms with van der Waals surface area (Å²) in [7, 11) is 0. The molecule has 4 heavy (non-hydrogen) atoms. The summed E-state index contributed by atoms with van der Waals surface area (Å²) in [6, 6.07) is 0. The van der Waals surface area contributed by atoms with Crippen molar-refractivity contribution in [1.29, 1.82) is 0 Å². The van der Waals surface area contributed by atoms with Crippen LogP contribution in [0.1, 0.15) is 0 Å². The van der Waals surface area contributed by atoms with E-state index in [0.717, 1.165) is 0 Å². The van der Waals surface area contributed by atoms with Crippen molar-refractivity contribution >= 4 is 0 Å². The average Bonchev–Trinajstić information content (AvgIpc) is 0. The summed E-state index contributed by atoms with van der Waals surface area (Å²) in [4.78, 5) is 0. The zero-order chi connectivity index (χ0) is 0. The van der Waals surface area contributed by atoms with Crippen LogP contribution in [0.15, 0.2) is 0 Å². The molecule has 0 heterocycles. The maximum atomic E-state index is 0. The van der Waals surface area contributed by atoms with Gasteiger partial charge in [0.25, 0.3) is 0 Å². The third-order valence-electron chi connectivity index (χ3n) is 0. The SMILES string of the molecule is [Co+2].[Mn+2].[O-2].[O-2]. The van der Waals surface area contributed by atoms with Gasteiger partial charge in [-0.05, 0) is 0 Å². The smallest absolute Gasteiger partial charge is 2.00 e. The first-order valence-electron chi connectivity index (χ1n) is 0. The maximum absolute atomic E-state index is 0. The molecular weight excluding hydrogens is 146 g/mol. The van der Waals surface area contributed by atoms with E-state index in [4.69, 9.17) is 0 Å². The molecule has 28 valence electrons. The molecule has 0 aromatic heterocycles. The van der Waals surface area contributed by atoms with Crippen molar-refractivity contribution in [3.63, 3.8) is 0 Å². The van der Waals surface area contributed by atoms with E-state index in [9.17, 15) is 0 Å². The Hall–Kier alpha value is 0.946. The normalized spacial score (nSPS) is 0. The standard InChI is InChI=1S/Co.Mn.2O/q2*+2;2*-2. The third-order valence-corrected chi connectivity index (χ3v) is 0. The van der Waals surface area contributed by atoms with E-state index in [2.05, 4.69) is 0 Å². The van der Waals surface area contributed by atoms with Crippen molar-refractivity contribution in [3.05, 3.63) is 0 Å². The van der Waals surface area contributed by atoms with E-state index >= 15 is 0 Å². The molecule has 0 saturated heterocycles. The van der Waals surface area contributed by atoms with Crippen LogP contribution < -0.4 is 0 Å². The molecule has 0 unspecified atom stereocenters. The van der Waals surface area contributed by atoms with E-state index in [1.807, 2.05) is 0 Å². The van der Waals surface area contributed by atoms with Crippen LogP contribution in [0.3, 0.4) is 0 Å². The molecule has 0 saturated carbocycles. The first-order chi connectivity index (χ1) is 0. The monoisotopic (exact) mass is 146 g/mol. The van der Waals surface area contributed by atoms with E-state index in [1.54, 1.807) is 0 Å². The summed E-state index contributed by atoms with van der Waals surface area (Å²) in [6.45, 7) is 0. The van der Waals surface area contributed by atoms with Gasteiger partial charge in [-0.15, -0.1) is 0 Å². The van der Waals surface area contributed by atoms with Gasteiger partial charge in [-0.1, -0.05) is 0 Å². The van der Waals surface area contributed by atoms with Gasteiger partial charge in [-0.3, -0.25) is 0 Å². The molecule has 0 aromatic rings. The first-order valence-corrected chi connectivity index (χ1v) is 0. The molecule has 0 aliphatic carbocycles. The molecule has 0 fully saturated rings. The van der Waals surface area contributed by atoms with Crippen molar-refractivity contribution in [3.8, 4) is 0 Å². The zero-order valence-corrected chi connectivity index (χ0v) is 3.75. The Labute approximate surface area is 45.2 Å². The summed E-state index contributed by atoms with van der Waals surface area (Å²) in [6.07, 6.45) is 0. The molecule has 0 aromatic carbocycles. The van der Waals surface area contributed by atoms with Crippen molar-refractivity contribution < 1.29 is 44.8 Å². The quantitative estimate of drug-likeness (QED) is 0.423. The second-order valence-electron chi connectivity index (χ2n) is 0. The van der Waals surface area contributed by atoms with Crippen LogP contribution in [0.4, 0.5) is 0 Å². The van der Waals surface area contributed by atoms with Gasteiger partial charge in [0.2, 0.25) is 0 Å². The molecule has 0 N–H and O–H groups in total. The Morgan fingerprint density at radius 3 is 0.750 bits per heavy atom. The molecule has 0 aliphatic rings. The van der Waals surface area contributed by atoms with Crippen LogP contribution in [0, 0.1) is 0 Å². The summed E-state index contributed by atoms with van der Waals surface area (Å²) in [5, 5.41) is 0. The maximum Gasteiger partial charge on any atom is 2.00 e. The second-order valence-corrected chi connectivity index (χ2v) is 0. The third kappa shape index (κ3) is 12.5. The predicted octanol–water partition coefficient (Wildman–Crippen LogP) is -0.243. The Morgan fingerprint density at radius 1 is 0.750 bits per heavy atom. The van der Waals surface area contributed by atoms with E-state index in [-0.39, 0.29) is 44.8 Å².